The maximum absolute atomic E-state index is 11.8. The van der Waals surface area contributed by atoms with E-state index in [-0.39, 0.29) is 6.03 Å². The van der Waals surface area contributed by atoms with Gasteiger partial charge in [-0.3, -0.25) is 0 Å². The van der Waals surface area contributed by atoms with Gasteiger partial charge in [0.15, 0.2) is 0 Å². The zero-order chi connectivity index (χ0) is 15.4. The molecule has 0 atom stereocenters. The highest BCUT2D eigenvalue weighted by atomic mass is 16.3. The topological polar surface area (TPSA) is 61.4 Å². The summed E-state index contributed by atoms with van der Waals surface area (Å²) in [6.07, 6.45) is 0. The minimum Gasteiger partial charge on any atom is -0.507 e. The van der Waals surface area contributed by atoms with Crippen molar-refractivity contribution in [3.63, 3.8) is 0 Å². The molecule has 0 spiro atoms. The molecule has 2 aromatic rings. The fourth-order valence-corrected chi connectivity index (χ4v) is 2.14. The first kappa shape index (κ1) is 14.9. The minimum atomic E-state index is -0.248. The van der Waals surface area contributed by atoms with E-state index in [2.05, 4.69) is 10.6 Å². The molecule has 0 saturated carbocycles. The molecule has 4 heteroatoms. The third kappa shape index (κ3) is 3.99. The molecule has 2 amide bonds. The molecule has 0 aliphatic heterocycles. The summed E-state index contributed by atoms with van der Waals surface area (Å²) in [4.78, 5) is 11.8. The molecular formula is C17H20N2O2. The molecule has 0 saturated heterocycles. The summed E-state index contributed by atoms with van der Waals surface area (Å²) in [6, 6.07) is 11.1. The molecule has 0 radical (unpaired) electrons. The van der Waals surface area contributed by atoms with Crippen molar-refractivity contribution in [2.45, 2.75) is 27.3 Å². The molecule has 0 bridgehead atoms. The molecule has 0 heterocycles. The number of urea groups is 1. The van der Waals surface area contributed by atoms with E-state index in [1.807, 2.05) is 57.2 Å². The number of aryl methyl sites for hydroxylation is 3. The van der Waals surface area contributed by atoms with Gasteiger partial charge in [-0.1, -0.05) is 29.8 Å². The maximum atomic E-state index is 11.8. The molecule has 0 aliphatic carbocycles. The average Bonchev–Trinajstić information content (AvgIpc) is 2.45. The van der Waals surface area contributed by atoms with Gasteiger partial charge in [0, 0.05) is 12.2 Å². The molecule has 3 N–H and O–H groups in total. The van der Waals surface area contributed by atoms with Gasteiger partial charge in [-0.25, -0.2) is 4.79 Å². The first-order chi connectivity index (χ1) is 9.95. The molecule has 0 unspecified atom stereocenters. The Kier molecular flexibility index (Phi) is 4.48. The predicted molar refractivity (Wildman–Crippen MR) is 84.6 cm³/mol. The average molecular weight is 284 g/mol. The zero-order valence-electron chi connectivity index (χ0n) is 12.5. The quantitative estimate of drug-likeness (QED) is 0.806. The molecule has 4 nitrogen and oxygen atoms in total. The second-order valence-corrected chi connectivity index (χ2v) is 5.25. The van der Waals surface area contributed by atoms with Crippen LogP contribution in [0.1, 0.15) is 22.3 Å². The zero-order valence-corrected chi connectivity index (χ0v) is 12.5. The summed E-state index contributed by atoms with van der Waals surface area (Å²) in [5.74, 6) is 0.308. The fraction of sp³-hybridized carbons (Fsp3) is 0.235. The van der Waals surface area contributed by atoms with Crippen LogP contribution < -0.4 is 10.6 Å². The molecule has 21 heavy (non-hydrogen) atoms. The van der Waals surface area contributed by atoms with Gasteiger partial charge in [0.1, 0.15) is 5.75 Å². The van der Waals surface area contributed by atoms with E-state index in [9.17, 15) is 9.90 Å². The van der Waals surface area contributed by atoms with Gasteiger partial charge in [0.25, 0.3) is 0 Å². The number of benzene rings is 2. The van der Waals surface area contributed by atoms with Gasteiger partial charge in [-0.2, -0.15) is 0 Å². The van der Waals surface area contributed by atoms with Gasteiger partial charge >= 0.3 is 6.03 Å². The van der Waals surface area contributed by atoms with Crippen LogP contribution in [0.15, 0.2) is 36.4 Å². The standard InChI is InChI=1S/C17H20N2O2/c1-11-4-6-15(7-5-11)19-17(21)18-10-14-8-12(2)16(20)13(3)9-14/h4-9,20H,10H2,1-3H3,(H2,18,19,21). The monoisotopic (exact) mass is 284 g/mol. The highest BCUT2D eigenvalue weighted by molar-refractivity contribution is 5.89. The van der Waals surface area contributed by atoms with Crippen molar-refractivity contribution in [3.8, 4) is 5.75 Å². The van der Waals surface area contributed by atoms with Gasteiger partial charge in [-0.15, -0.1) is 0 Å². The van der Waals surface area contributed by atoms with E-state index in [1.54, 1.807) is 0 Å². The number of hydrogen-bond acceptors (Lipinski definition) is 2. The van der Waals surface area contributed by atoms with Gasteiger partial charge in [0.05, 0.1) is 0 Å². The Bertz CT molecular complexity index is 625. The van der Waals surface area contributed by atoms with Crippen molar-refractivity contribution >= 4 is 11.7 Å². The SMILES string of the molecule is Cc1ccc(NC(=O)NCc2cc(C)c(O)c(C)c2)cc1. The Morgan fingerprint density at radius 3 is 2.19 bits per heavy atom. The summed E-state index contributed by atoms with van der Waals surface area (Å²) >= 11 is 0. The number of hydrogen-bond donors (Lipinski definition) is 3. The molecule has 0 aromatic heterocycles. The predicted octanol–water partition coefficient (Wildman–Crippen LogP) is 3.64. The van der Waals surface area contributed by atoms with Crippen molar-refractivity contribution in [1.29, 1.82) is 0 Å². The number of phenolic OH excluding ortho intramolecular Hbond substituents is 1. The number of carbonyl (C=O) groups excluding carboxylic acids is 1. The lowest BCUT2D eigenvalue weighted by Crippen LogP contribution is -2.28. The van der Waals surface area contributed by atoms with Crippen LogP contribution in [0.25, 0.3) is 0 Å². The van der Waals surface area contributed by atoms with E-state index in [4.69, 9.17) is 0 Å². The Labute approximate surface area is 124 Å². The Morgan fingerprint density at radius 1 is 1.05 bits per heavy atom. The van der Waals surface area contributed by atoms with E-state index >= 15 is 0 Å². The molecule has 110 valence electrons. The lowest BCUT2D eigenvalue weighted by Gasteiger charge is -2.10. The summed E-state index contributed by atoms with van der Waals surface area (Å²) in [5.41, 5.74) is 4.49. The number of rotatable bonds is 3. The molecule has 0 aliphatic rings. The van der Waals surface area contributed by atoms with E-state index in [0.717, 1.165) is 27.9 Å². The fourth-order valence-electron chi connectivity index (χ4n) is 2.14. The number of aromatic hydroxyl groups is 1. The Morgan fingerprint density at radius 2 is 1.62 bits per heavy atom. The largest absolute Gasteiger partial charge is 0.507 e. The second kappa shape index (κ2) is 6.31. The van der Waals surface area contributed by atoms with Gasteiger partial charge in [0.2, 0.25) is 0 Å². The van der Waals surface area contributed by atoms with Crippen molar-refractivity contribution < 1.29 is 9.90 Å². The number of phenols is 1. The van der Waals surface area contributed by atoms with E-state index in [0.29, 0.717) is 12.3 Å². The lowest BCUT2D eigenvalue weighted by atomic mass is 10.1. The van der Waals surface area contributed by atoms with Crippen molar-refractivity contribution in [2.75, 3.05) is 5.32 Å². The van der Waals surface area contributed by atoms with Crippen molar-refractivity contribution in [3.05, 3.63) is 58.7 Å². The highest BCUT2D eigenvalue weighted by Crippen LogP contribution is 2.22. The summed E-state index contributed by atoms with van der Waals surface area (Å²) in [7, 11) is 0. The smallest absolute Gasteiger partial charge is 0.319 e. The number of amides is 2. The van der Waals surface area contributed by atoms with Crippen LogP contribution in [-0.4, -0.2) is 11.1 Å². The molecule has 2 rings (SSSR count). The number of nitrogens with one attached hydrogen (secondary N) is 2. The van der Waals surface area contributed by atoms with Crippen molar-refractivity contribution in [2.24, 2.45) is 0 Å². The highest BCUT2D eigenvalue weighted by Gasteiger charge is 2.05. The molecule has 2 aromatic carbocycles. The lowest BCUT2D eigenvalue weighted by molar-refractivity contribution is 0.251. The number of anilines is 1. The van der Waals surface area contributed by atoms with Crippen LogP contribution in [0.2, 0.25) is 0 Å². The van der Waals surface area contributed by atoms with Crippen LogP contribution in [0.3, 0.4) is 0 Å². The maximum Gasteiger partial charge on any atom is 0.319 e. The normalized spacial score (nSPS) is 10.2. The third-order valence-electron chi connectivity index (χ3n) is 3.31. The summed E-state index contributed by atoms with van der Waals surface area (Å²) in [6.45, 7) is 6.11. The van der Waals surface area contributed by atoms with Crippen LogP contribution >= 0.6 is 0 Å². The number of carbonyl (C=O) groups is 1. The minimum absolute atomic E-state index is 0.248. The molecular weight excluding hydrogens is 264 g/mol. The van der Waals surface area contributed by atoms with Crippen LogP contribution in [0.5, 0.6) is 5.75 Å². The Balaban J connectivity index is 1.93. The van der Waals surface area contributed by atoms with Crippen LogP contribution in [-0.2, 0) is 6.54 Å². The third-order valence-corrected chi connectivity index (χ3v) is 3.31. The van der Waals surface area contributed by atoms with Crippen molar-refractivity contribution in [1.82, 2.24) is 5.32 Å². The van der Waals surface area contributed by atoms with Gasteiger partial charge in [-0.05, 0) is 49.6 Å². The Hall–Kier alpha value is -2.49. The second-order valence-electron chi connectivity index (χ2n) is 5.25. The van der Waals surface area contributed by atoms with Gasteiger partial charge < -0.3 is 15.7 Å². The first-order valence-electron chi connectivity index (χ1n) is 6.86. The van der Waals surface area contributed by atoms with E-state index < -0.39 is 0 Å². The summed E-state index contributed by atoms with van der Waals surface area (Å²) < 4.78 is 0. The van der Waals surface area contributed by atoms with E-state index in [1.165, 1.54) is 0 Å². The molecule has 0 fully saturated rings. The van der Waals surface area contributed by atoms with Crippen LogP contribution in [0, 0.1) is 20.8 Å². The van der Waals surface area contributed by atoms with Crippen LogP contribution in [0.4, 0.5) is 10.5 Å². The summed E-state index contributed by atoms with van der Waals surface area (Å²) in [5, 5.41) is 15.3. The first-order valence-corrected chi connectivity index (χ1v) is 6.86.